The zero-order valence-corrected chi connectivity index (χ0v) is 18.8. The van der Waals surface area contributed by atoms with E-state index in [2.05, 4.69) is 119 Å². The average molecular weight is 433 g/mol. The molecule has 6 rings (SSSR count). The van der Waals surface area contributed by atoms with Crippen molar-refractivity contribution in [2.75, 3.05) is 0 Å². The van der Waals surface area contributed by atoms with Crippen molar-refractivity contribution < 1.29 is 4.57 Å². The van der Waals surface area contributed by atoms with Crippen molar-refractivity contribution in [3.8, 4) is 28.2 Å². The third-order valence-electron chi connectivity index (χ3n) is 6.16. The molecule has 0 spiro atoms. The molecule has 0 N–H and O–H groups in total. The summed E-state index contributed by atoms with van der Waals surface area (Å²) in [5, 5.41) is 0. The molecule has 4 heteroatoms. The van der Waals surface area contributed by atoms with E-state index in [9.17, 15) is 0 Å². The van der Waals surface area contributed by atoms with E-state index in [1.807, 2.05) is 5.51 Å². The Balaban J connectivity index is 1.60. The Kier molecular flexibility index (Phi) is 4.40. The molecule has 0 bridgehead atoms. The van der Waals surface area contributed by atoms with Gasteiger partial charge in [-0.25, -0.2) is 9.55 Å². The zero-order valence-electron chi connectivity index (χ0n) is 18.0. The van der Waals surface area contributed by atoms with Gasteiger partial charge in [0.2, 0.25) is 0 Å². The van der Waals surface area contributed by atoms with Crippen molar-refractivity contribution in [2.45, 2.75) is 6.92 Å². The fourth-order valence-electron chi connectivity index (χ4n) is 4.56. The van der Waals surface area contributed by atoms with E-state index < -0.39 is 0 Å². The van der Waals surface area contributed by atoms with E-state index in [0.717, 1.165) is 17.0 Å². The second kappa shape index (κ2) is 7.43. The molecule has 0 saturated heterocycles. The lowest BCUT2D eigenvalue weighted by atomic mass is 10.0. The maximum atomic E-state index is 4.58. The van der Waals surface area contributed by atoms with Crippen LogP contribution in [0, 0.1) is 6.92 Å². The number of aryl methyl sites for hydroxylation is 2. The van der Waals surface area contributed by atoms with Crippen molar-refractivity contribution in [3.05, 3.63) is 102 Å². The third-order valence-corrected chi connectivity index (χ3v) is 6.96. The molecule has 2 aromatic heterocycles. The Labute approximate surface area is 190 Å². The van der Waals surface area contributed by atoms with Crippen LogP contribution in [0.25, 0.3) is 49.5 Å². The van der Waals surface area contributed by atoms with E-state index in [0.29, 0.717) is 0 Å². The molecule has 0 aliphatic rings. The smallest absolute Gasteiger partial charge is 0.245 e. The van der Waals surface area contributed by atoms with Crippen molar-refractivity contribution in [1.29, 1.82) is 0 Å². The van der Waals surface area contributed by atoms with Crippen LogP contribution in [0.3, 0.4) is 0 Å². The van der Waals surface area contributed by atoms with E-state index >= 15 is 0 Å². The number of nitrogens with zero attached hydrogens (tertiary/aromatic N) is 3. The first-order valence-electron chi connectivity index (χ1n) is 10.7. The van der Waals surface area contributed by atoms with E-state index in [1.54, 1.807) is 11.3 Å². The van der Waals surface area contributed by atoms with E-state index in [-0.39, 0.29) is 0 Å². The van der Waals surface area contributed by atoms with Crippen LogP contribution in [-0.4, -0.2) is 9.55 Å². The zero-order chi connectivity index (χ0) is 21.7. The van der Waals surface area contributed by atoms with Crippen molar-refractivity contribution in [1.82, 2.24) is 9.55 Å². The van der Waals surface area contributed by atoms with Gasteiger partial charge in [-0.05, 0) is 60.0 Å². The van der Waals surface area contributed by atoms with Gasteiger partial charge < -0.3 is 0 Å². The maximum absolute atomic E-state index is 4.58. The Morgan fingerprint density at radius 2 is 1.53 bits per heavy atom. The summed E-state index contributed by atoms with van der Waals surface area (Å²) in [7, 11) is 2.15. The largest absolute Gasteiger partial charge is 0.295 e. The topological polar surface area (TPSA) is 21.7 Å². The Bertz CT molecular complexity index is 1570. The highest BCUT2D eigenvalue weighted by Crippen LogP contribution is 2.33. The van der Waals surface area contributed by atoms with Gasteiger partial charge in [0.15, 0.2) is 11.0 Å². The molecule has 0 unspecified atom stereocenters. The van der Waals surface area contributed by atoms with Crippen LogP contribution in [-0.2, 0) is 7.05 Å². The van der Waals surface area contributed by atoms with Crippen molar-refractivity contribution in [3.63, 3.8) is 0 Å². The summed E-state index contributed by atoms with van der Waals surface area (Å²) in [6, 6.07) is 32.4. The Hall–Kier alpha value is -3.76. The second-order valence-corrected chi connectivity index (χ2v) is 8.99. The van der Waals surface area contributed by atoms with Gasteiger partial charge in [-0.15, -0.1) is 11.3 Å². The fourth-order valence-corrected chi connectivity index (χ4v) is 5.31. The predicted octanol–water partition coefficient (Wildman–Crippen LogP) is 6.71. The summed E-state index contributed by atoms with van der Waals surface area (Å²) in [5.41, 5.74) is 11.4. The van der Waals surface area contributed by atoms with E-state index in [1.165, 1.54) is 38.0 Å². The molecule has 154 valence electrons. The summed E-state index contributed by atoms with van der Waals surface area (Å²) in [6.07, 6.45) is 0. The number of fused-ring (bicyclic) bond motifs is 2. The van der Waals surface area contributed by atoms with Crippen LogP contribution < -0.4 is 4.57 Å². The molecule has 0 atom stereocenters. The number of thiazole rings is 1. The van der Waals surface area contributed by atoms with Crippen LogP contribution in [0.2, 0.25) is 0 Å². The summed E-state index contributed by atoms with van der Waals surface area (Å²) < 4.78 is 5.88. The van der Waals surface area contributed by atoms with Gasteiger partial charge in [-0.3, -0.25) is 0 Å². The highest BCUT2D eigenvalue weighted by atomic mass is 32.1. The molecular weight excluding hydrogens is 410 g/mol. The third kappa shape index (κ3) is 2.95. The number of imidazole rings is 1. The van der Waals surface area contributed by atoms with Gasteiger partial charge in [0.1, 0.15) is 5.69 Å². The quantitative estimate of drug-likeness (QED) is 0.285. The Morgan fingerprint density at radius 3 is 2.34 bits per heavy atom. The van der Waals surface area contributed by atoms with Gasteiger partial charge in [0, 0.05) is 0 Å². The average Bonchev–Trinajstić information content (AvgIpc) is 3.41. The van der Waals surface area contributed by atoms with Gasteiger partial charge in [-0.1, -0.05) is 54.6 Å². The lowest BCUT2D eigenvalue weighted by Crippen LogP contribution is -2.30. The lowest BCUT2D eigenvalue weighted by Gasteiger charge is -2.08. The number of hydrogen-bond acceptors (Lipinski definition) is 2. The molecule has 4 aromatic carbocycles. The molecule has 0 radical (unpaired) electrons. The molecule has 0 saturated carbocycles. The van der Waals surface area contributed by atoms with Gasteiger partial charge >= 0.3 is 0 Å². The first kappa shape index (κ1) is 19.0. The molecular formula is C28H22N3S+. The predicted molar refractivity (Wildman–Crippen MR) is 133 cm³/mol. The summed E-state index contributed by atoms with van der Waals surface area (Å²) in [5.74, 6) is 1.16. The second-order valence-electron chi connectivity index (χ2n) is 8.11. The fraction of sp³-hybridized carbons (Fsp3) is 0.0714. The molecule has 6 aromatic rings. The highest BCUT2D eigenvalue weighted by Gasteiger charge is 2.27. The summed E-state index contributed by atoms with van der Waals surface area (Å²) in [6.45, 7) is 2.19. The minimum Gasteiger partial charge on any atom is -0.245 e. The van der Waals surface area contributed by atoms with Gasteiger partial charge in [-0.2, -0.15) is 4.57 Å². The molecule has 0 amide bonds. The molecule has 32 heavy (non-hydrogen) atoms. The Morgan fingerprint density at radius 1 is 0.812 bits per heavy atom. The minimum atomic E-state index is 1.05. The SMILES string of the molecule is Cc1cc2scnc2cc1-c1n(-c2ccc(-c3ccccc3)cc2)c2ccccc2[n+]1C. The molecule has 2 heterocycles. The highest BCUT2D eigenvalue weighted by molar-refractivity contribution is 7.16. The van der Waals surface area contributed by atoms with Crippen LogP contribution in [0.4, 0.5) is 0 Å². The van der Waals surface area contributed by atoms with Crippen LogP contribution in [0.15, 0.2) is 96.5 Å². The number of rotatable bonds is 3. The first-order valence-corrected chi connectivity index (χ1v) is 11.6. The van der Waals surface area contributed by atoms with Gasteiger partial charge in [0.25, 0.3) is 5.82 Å². The monoisotopic (exact) mass is 432 g/mol. The number of aromatic nitrogens is 3. The first-order chi connectivity index (χ1) is 15.7. The van der Waals surface area contributed by atoms with Crippen LogP contribution in [0.1, 0.15) is 5.56 Å². The van der Waals surface area contributed by atoms with E-state index in [4.69, 9.17) is 0 Å². The minimum absolute atomic E-state index is 1.05. The number of hydrogen-bond donors (Lipinski definition) is 0. The molecule has 3 nitrogen and oxygen atoms in total. The maximum Gasteiger partial charge on any atom is 0.295 e. The normalized spacial score (nSPS) is 11.4. The summed E-state index contributed by atoms with van der Waals surface area (Å²) in [4.78, 5) is 4.58. The number of para-hydroxylation sites is 2. The van der Waals surface area contributed by atoms with Crippen LogP contribution in [0.5, 0.6) is 0 Å². The molecule has 0 aliphatic carbocycles. The van der Waals surface area contributed by atoms with Crippen LogP contribution >= 0.6 is 11.3 Å². The standard InChI is InChI=1S/C28H22N3S/c1-19-16-27-24(29-18-32-27)17-23(19)28-30(2)25-10-6-7-11-26(25)31(28)22-14-12-21(13-15-22)20-8-4-3-5-9-20/h3-18H,1-2H3/q+1. The van der Waals surface area contributed by atoms with Crippen molar-refractivity contribution in [2.24, 2.45) is 7.05 Å². The van der Waals surface area contributed by atoms with Crippen molar-refractivity contribution >= 4 is 32.6 Å². The summed E-state index contributed by atoms with van der Waals surface area (Å²) >= 11 is 1.69. The molecule has 0 aliphatic heterocycles. The molecule has 0 fully saturated rings. The lowest BCUT2D eigenvalue weighted by molar-refractivity contribution is -0.633. The number of benzene rings is 4. The van der Waals surface area contributed by atoms with Gasteiger partial charge in [0.05, 0.1) is 28.3 Å².